The summed E-state index contributed by atoms with van der Waals surface area (Å²) in [6, 6.07) is 0. The molecule has 0 spiro atoms. The number of unbranched alkanes of at least 4 members (excludes halogenated alkanes) is 1. The molecule has 92 valence electrons. The molecule has 0 fully saturated rings. The fraction of sp³-hybridized carbons (Fsp3) is 0.769. The molecular formula is C13H22O3. The van der Waals surface area contributed by atoms with E-state index in [1.807, 2.05) is 6.92 Å². The van der Waals surface area contributed by atoms with Crippen molar-refractivity contribution in [3.63, 3.8) is 0 Å². The first-order valence-corrected chi connectivity index (χ1v) is 6.09. The van der Waals surface area contributed by atoms with Gasteiger partial charge in [-0.15, -0.1) is 0 Å². The summed E-state index contributed by atoms with van der Waals surface area (Å²) in [6.07, 6.45) is 4.93. The molecule has 0 atom stereocenters. The number of ketones is 3. The van der Waals surface area contributed by atoms with Crippen molar-refractivity contribution >= 4 is 17.3 Å². The number of hydrogen-bond acceptors (Lipinski definition) is 3. The minimum Gasteiger partial charge on any atom is -0.300 e. The van der Waals surface area contributed by atoms with Crippen molar-refractivity contribution in [2.24, 2.45) is 0 Å². The molecule has 0 aromatic heterocycles. The summed E-state index contributed by atoms with van der Waals surface area (Å²) in [5, 5.41) is 0. The van der Waals surface area contributed by atoms with Crippen LogP contribution < -0.4 is 0 Å². The molecule has 0 aliphatic heterocycles. The van der Waals surface area contributed by atoms with Crippen LogP contribution in [0.1, 0.15) is 65.2 Å². The van der Waals surface area contributed by atoms with Gasteiger partial charge in [-0.3, -0.25) is 9.59 Å². The summed E-state index contributed by atoms with van der Waals surface area (Å²) in [6.45, 7) is 3.49. The molecule has 0 radical (unpaired) electrons. The van der Waals surface area contributed by atoms with Crippen LogP contribution in [-0.4, -0.2) is 17.3 Å². The van der Waals surface area contributed by atoms with Gasteiger partial charge < -0.3 is 4.79 Å². The monoisotopic (exact) mass is 226 g/mol. The zero-order valence-corrected chi connectivity index (χ0v) is 10.4. The van der Waals surface area contributed by atoms with Gasteiger partial charge in [-0.2, -0.15) is 0 Å². The highest BCUT2D eigenvalue weighted by molar-refractivity contribution is 5.84. The van der Waals surface area contributed by atoms with Gasteiger partial charge in [0.15, 0.2) is 0 Å². The van der Waals surface area contributed by atoms with Crippen molar-refractivity contribution in [3.8, 4) is 0 Å². The number of Topliss-reactive ketones (excluding diaryl/α,β-unsaturated/α-hetero) is 3. The Balaban J connectivity index is 3.40. The van der Waals surface area contributed by atoms with E-state index in [4.69, 9.17) is 0 Å². The van der Waals surface area contributed by atoms with E-state index in [0.29, 0.717) is 37.9 Å². The van der Waals surface area contributed by atoms with E-state index in [2.05, 4.69) is 0 Å². The average molecular weight is 226 g/mol. The highest BCUT2D eigenvalue weighted by atomic mass is 16.1. The van der Waals surface area contributed by atoms with Crippen LogP contribution in [0.15, 0.2) is 0 Å². The molecular weight excluding hydrogens is 204 g/mol. The molecule has 0 aromatic carbocycles. The molecule has 0 unspecified atom stereocenters. The summed E-state index contributed by atoms with van der Waals surface area (Å²) >= 11 is 0. The highest BCUT2D eigenvalue weighted by Crippen LogP contribution is 2.06. The molecule has 0 heterocycles. The first-order chi connectivity index (χ1) is 7.56. The van der Waals surface area contributed by atoms with Crippen LogP contribution in [0.5, 0.6) is 0 Å². The minimum absolute atomic E-state index is 0.0615. The van der Waals surface area contributed by atoms with Crippen LogP contribution in [0.3, 0.4) is 0 Å². The third-order valence-electron chi connectivity index (χ3n) is 2.45. The number of carbonyl (C=O) groups excluding carboxylic acids is 3. The molecule has 3 nitrogen and oxygen atoms in total. The molecule has 0 N–H and O–H groups in total. The van der Waals surface area contributed by atoms with Gasteiger partial charge in [0.1, 0.15) is 17.3 Å². The van der Waals surface area contributed by atoms with Crippen LogP contribution in [0, 0.1) is 0 Å². The Kier molecular flexibility index (Phi) is 8.68. The molecule has 0 bridgehead atoms. The second-order valence-electron chi connectivity index (χ2n) is 4.24. The lowest BCUT2D eigenvalue weighted by atomic mass is 10.0. The quantitative estimate of drug-likeness (QED) is 0.538. The van der Waals surface area contributed by atoms with E-state index in [9.17, 15) is 14.4 Å². The summed E-state index contributed by atoms with van der Waals surface area (Å²) in [5.41, 5.74) is 0. The first-order valence-electron chi connectivity index (χ1n) is 6.09. The summed E-state index contributed by atoms with van der Waals surface area (Å²) in [5.74, 6) is 0.489. The van der Waals surface area contributed by atoms with Crippen molar-refractivity contribution in [2.45, 2.75) is 65.2 Å². The lowest BCUT2D eigenvalue weighted by Gasteiger charge is -2.00. The van der Waals surface area contributed by atoms with Crippen LogP contribution in [0.2, 0.25) is 0 Å². The maximum absolute atomic E-state index is 11.3. The van der Waals surface area contributed by atoms with E-state index in [-0.39, 0.29) is 11.6 Å². The Bertz CT molecular complexity index is 244. The van der Waals surface area contributed by atoms with Crippen LogP contribution in [0.25, 0.3) is 0 Å². The Labute approximate surface area is 97.6 Å². The molecule has 0 aliphatic carbocycles. The Hall–Kier alpha value is -0.990. The van der Waals surface area contributed by atoms with Crippen molar-refractivity contribution in [2.75, 3.05) is 0 Å². The molecule has 0 aromatic rings. The fourth-order valence-corrected chi connectivity index (χ4v) is 1.49. The zero-order valence-electron chi connectivity index (χ0n) is 10.4. The molecule has 0 saturated heterocycles. The van der Waals surface area contributed by atoms with Crippen LogP contribution in [-0.2, 0) is 14.4 Å². The summed E-state index contributed by atoms with van der Waals surface area (Å²) in [4.78, 5) is 33.1. The molecule has 0 aliphatic rings. The average Bonchev–Trinajstić information content (AvgIpc) is 2.22. The van der Waals surface area contributed by atoms with Crippen LogP contribution in [0.4, 0.5) is 0 Å². The predicted molar refractivity (Wildman–Crippen MR) is 63.3 cm³/mol. The molecule has 0 saturated carbocycles. The highest BCUT2D eigenvalue weighted by Gasteiger charge is 2.05. The van der Waals surface area contributed by atoms with E-state index in [1.54, 1.807) is 0 Å². The largest absolute Gasteiger partial charge is 0.300 e. The van der Waals surface area contributed by atoms with E-state index in [0.717, 1.165) is 19.3 Å². The Morgan fingerprint density at radius 3 is 1.69 bits per heavy atom. The van der Waals surface area contributed by atoms with Gasteiger partial charge in [-0.05, 0) is 26.2 Å². The third-order valence-corrected chi connectivity index (χ3v) is 2.45. The molecule has 16 heavy (non-hydrogen) atoms. The molecule has 3 heteroatoms. The van der Waals surface area contributed by atoms with Gasteiger partial charge in [0.2, 0.25) is 0 Å². The van der Waals surface area contributed by atoms with Gasteiger partial charge in [-0.1, -0.05) is 6.92 Å². The van der Waals surface area contributed by atoms with Gasteiger partial charge in [0, 0.05) is 32.1 Å². The molecule has 0 rings (SSSR count). The SMILES string of the molecule is CCCC(=O)CCCCC(=O)CCC(C)=O. The predicted octanol–water partition coefficient (Wildman–Crippen LogP) is 2.85. The number of rotatable bonds is 10. The van der Waals surface area contributed by atoms with E-state index >= 15 is 0 Å². The maximum atomic E-state index is 11.3. The lowest BCUT2D eigenvalue weighted by molar-refractivity contribution is -0.123. The molecule has 0 amide bonds. The van der Waals surface area contributed by atoms with Crippen molar-refractivity contribution in [1.82, 2.24) is 0 Å². The van der Waals surface area contributed by atoms with Crippen molar-refractivity contribution in [3.05, 3.63) is 0 Å². The van der Waals surface area contributed by atoms with E-state index < -0.39 is 0 Å². The Morgan fingerprint density at radius 2 is 1.25 bits per heavy atom. The van der Waals surface area contributed by atoms with E-state index in [1.165, 1.54) is 6.92 Å². The van der Waals surface area contributed by atoms with Crippen LogP contribution >= 0.6 is 0 Å². The number of hydrogen-bond donors (Lipinski definition) is 0. The van der Waals surface area contributed by atoms with Gasteiger partial charge in [0.05, 0.1) is 0 Å². The zero-order chi connectivity index (χ0) is 12.4. The fourth-order valence-electron chi connectivity index (χ4n) is 1.49. The smallest absolute Gasteiger partial charge is 0.133 e. The summed E-state index contributed by atoms with van der Waals surface area (Å²) in [7, 11) is 0. The lowest BCUT2D eigenvalue weighted by Crippen LogP contribution is -2.02. The maximum Gasteiger partial charge on any atom is 0.133 e. The first kappa shape index (κ1) is 15.0. The Morgan fingerprint density at radius 1 is 0.750 bits per heavy atom. The van der Waals surface area contributed by atoms with Gasteiger partial charge >= 0.3 is 0 Å². The van der Waals surface area contributed by atoms with Crippen molar-refractivity contribution in [1.29, 1.82) is 0 Å². The second kappa shape index (κ2) is 9.25. The van der Waals surface area contributed by atoms with Crippen molar-refractivity contribution < 1.29 is 14.4 Å². The summed E-state index contributed by atoms with van der Waals surface area (Å²) < 4.78 is 0. The second-order valence-corrected chi connectivity index (χ2v) is 4.24. The standard InChI is InChI=1S/C13H22O3/c1-3-6-12(15)7-4-5-8-13(16)10-9-11(2)14/h3-10H2,1-2H3. The topological polar surface area (TPSA) is 51.2 Å². The third kappa shape index (κ3) is 9.56. The minimum atomic E-state index is 0.0615. The number of carbonyl (C=O) groups is 3. The van der Waals surface area contributed by atoms with Gasteiger partial charge in [0.25, 0.3) is 0 Å². The van der Waals surface area contributed by atoms with Gasteiger partial charge in [-0.25, -0.2) is 0 Å². The normalized spacial score (nSPS) is 10.1.